The standard InChI is InChI=1S/C27H24N2O5/c1-15-11-20(34-27(33)18-13-22(30)28(14-18)19-5-3-2-4-6-19)9-10-21(15)29-25(31)23-16-7-8-17(12-16)24(23)26(29)32/h2-11,16-18,23-24H,12-14H2,1H3/t16-,17-,18+,23+,24+/m0/s1. The first-order chi connectivity index (χ1) is 16.4. The van der Waals surface area contributed by atoms with Crippen LogP contribution in [0.15, 0.2) is 60.7 Å². The van der Waals surface area contributed by atoms with Crippen molar-refractivity contribution in [2.75, 3.05) is 16.3 Å². The summed E-state index contributed by atoms with van der Waals surface area (Å²) in [4.78, 5) is 54.3. The Morgan fingerprint density at radius 3 is 2.26 bits per heavy atom. The lowest BCUT2D eigenvalue weighted by atomic mass is 9.85. The van der Waals surface area contributed by atoms with Gasteiger partial charge in [-0.3, -0.25) is 19.2 Å². The van der Waals surface area contributed by atoms with Crippen molar-refractivity contribution in [3.8, 4) is 5.75 Å². The molecule has 0 radical (unpaired) electrons. The summed E-state index contributed by atoms with van der Waals surface area (Å²) in [5.41, 5.74) is 1.98. The minimum atomic E-state index is -0.559. The first-order valence-electron chi connectivity index (χ1n) is 11.7. The lowest BCUT2D eigenvalue weighted by Crippen LogP contribution is -2.33. The highest BCUT2D eigenvalue weighted by molar-refractivity contribution is 6.23. The fourth-order valence-corrected chi connectivity index (χ4v) is 6.00. The number of fused-ring (bicyclic) bond motifs is 5. The van der Waals surface area contributed by atoms with Crippen molar-refractivity contribution in [3.05, 3.63) is 66.2 Å². The lowest BCUT2D eigenvalue weighted by molar-refractivity contribution is -0.139. The van der Waals surface area contributed by atoms with Gasteiger partial charge in [-0.1, -0.05) is 30.4 Å². The maximum atomic E-state index is 13.1. The van der Waals surface area contributed by atoms with E-state index >= 15 is 0 Å². The highest BCUT2D eigenvalue weighted by Gasteiger charge is 2.59. The largest absolute Gasteiger partial charge is 0.426 e. The molecule has 2 aromatic rings. The number of rotatable bonds is 4. The number of allylic oxidation sites excluding steroid dienone is 2. The van der Waals surface area contributed by atoms with Gasteiger partial charge in [0.05, 0.1) is 23.4 Å². The molecule has 2 aliphatic heterocycles. The number of carbonyl (C=O) groups is 4. The number of anilines is 2. The quantitative estimate of drug-likeness (QED) is 0.305. The summed E-state index contributed by atoms with van der Waals surface area (Å²) >= 11 is 0. The van der Waals surface area contributed by atoms with Crippen LogP contribution in [0.1, 0.15) is 18.4 Å². The summed E-state index contributed by atoms with van der Waals surface area (Å²) in [5, 5.41) is 0. The Hall–Kier alpha value is -3.74. The van der Waals surface area contributed by atoms with E-state index in [0.717, 1.165) is 12.1 Å². The van der Waals surface area contributed by atoms with E-state index in [9.17, 15) is 19.2 Å². The second-order valence-corrected chi connectivity index (χ2v) is 9.62. The summed E-state index contributed by atoms with van der Waals surface area (Å²) < 4.78 is 5.59. The molecular formula is C27H24N2O5. The third kappa shape index (κ3) is 3.10. The fourth-order valence-electron chi connectivity index (χ4n) is 6.00. The minimum absolute atomic E-state index is 0.0979. The van der Waals surface area contributed by atoms with Crippen molar-refractivity contribution in [2.24, 2.45) is 29.6 Å². The molecule has 2 aromatic carbocycles. The van der Waals surface area contributed by atoms with Gasteiger partial charge in [-0.25, -0.2) is 4.90 Å². The van der Waals surface area contributed by atoms with E-state index in [4.69, 9.17) is 4.74 Å². The maximum Gasteiger partial charge on any atom is 0.316 e. The number of carbonyl (C=O) groups excluding carboxylic acids is 4. The smallest absolute Gasteiger partial charge is 0.316 e. The summed E-state index contributed by atoms with van der Waals surface area (Å²) in [5.74, 6) is -1.28. The van der Waals surface area contributed by atoms with E-state index < -0.39 is 11.9 Å². The number of hydrogen-bond donors (Lipinski definition) is 0. The highest BCUT2D eigenvalue weighted by Crippen LogP contribution is 2.53. The van der Waals surface area contributed by atoms with E-state index in [1.165, 1.54) is 4.90 Å². The lowest BCUT2D eigenvalue weighted by Gasteiger charge is -2.20. The van der Waals surface area contributed by atoms with E-state index in [2.05, 4.69) is 12.2 Å². The number of imide groups is 1. The number of hydrogen-bond acceptors (Lipinski definition) is 5. The second-order valence-electron chi connectivity index (χ2n) is 9.62. The normalized spacial score (nSPS) is 29.3. The summed E-state index contributed by atoms with van der Waals surface area (Å²) in [6.07, 6.45) is 5.13. The number of ether oxygens (including phenoxy) is 1. The number of esters is 1. The zero-order valence-electron chi connectivity index (χ0n) is 18.7. The Kier molecular flexibility index (Phi) is 4.69. The number of benzene rings is 2. The van der Waals surface area contributed by atoms with Gasteiger partial charge in [0, 0.05) is 18.7 Å². The molecule has 34 heavy (non-hydrogen) atoms. The van der Waals surface area contributed by atoms with Crippen LogP contribution in [0.5, 0.6) is 5.75 Å². The molecule has 2 saturated heterocycles. The van der Waals surface area contributed by atoms with Gasteiger partial charge in [-0.05, 0) is 61.1 Å². The molecule has 0 unspecified atom stereocenters. The van der Waals surface area contributed by atoms with Crippen molar-refractivity contribution >= 4 is 35.1 Å². The van der Waals surface area contributed by atoms with Gasteiger partial charge in [0.2, 0.25) is 17.7 Å². The van der Waals surface area contributed by atoms with Crippen molar-refractivity contribution in [2.45, 2.75) is 19.8 Å². The zero-order chi connectivity index (χ0) is 23.6. The summed E-state index contributed by atoms with van der Waals surface area (Å²) in [7, 11) is 0. The molecule has 7 nitrogen and oxygen atoms in total. The molecule has 1 saturated carbocycles. The molecular weight excluding hydrogens is 432 g/mol. The van der Waals surface area contributed by atoms with Crippen molar-refractivity contribution in [1.29, 1.82) is 0 Å². The molecule has 0 aromatic heterocycles. The van der Waals surface area contributed by atoms with Crippen LogP contribution in [0, 0.1) is 36.5 Å². The van der Waals surface area contributed by atoms with Crippen molar-refractivity contribution < 1.29 is 23.9 Å². The number of aryl methyl sites for hydroxylation is 1. The monoisotopic (exact) mass is 456 g/mol. The molecule has 2 bridgehead atoms. The van der Waals surface area contributed by atoms with E-state index in [-0.39, 0.29) is 54.4 Å². The fraction of sp³-hybridized carbons (Fsp3) is 0.333. The molecule has 2 heterocycles. The molecule has 5 atom stereocenters. The van der Waals surface area contributed by atoms with Crippen LogP contribution in [0.3, 0.4) is 0 Å². The minimum Gasteiger partial charge on any atom is -0.426 e. The van der Waals surface area contributed by atoms with Crippen LogP contribution in [0.2, 0.25) is 0 Å². The Balaban J connectivity index is 1.16. The van der Waals surface area contributed by atoms with Gasteiger partial charge in [0.15, 0.2) is 0 Å². The summed E-state index contributed by atoms with van der Waals surface area (Å²) in [6.45, 7) is 2.07. The molecule has 6 rings (SSSR count). The third-order valence-electron chi connectivity index (χ3n) is 7.62. The van der Waals surface area contributed by atoms with E-state index in [0.29, 0.717) is 17.0 Å². The predicted octanol–water partition coefficient (Wildman–Crippen LogP) is 3.27. The van der Waals surface area contributed by atoms with Crippen LogP contribution >= 0.6 is 0 Å². The van der Waals surface area contributed by atoms with Gasteiger partial charge in [0.1, 0.15) is 5.75 Å². The average molecular weight is 456 g/mol. The molecule has 3 fully saturated rings. The van der Waals surface area contributed by atoms with Crippen LogP contribution in [0.25, 0.3) is 0 Å². The molecule has 0 N–H and O–H groups in total. The van der Waals surface area contributed by atoms with Crippen molar-refractivity contribution in [3.63, 3.8) is 0 Å². The van der Waals surface area contributed by atoms with E-state index in [1.807, 2.05) is 30.3 Å². The van der Waals surface area contributed by atoms with Crippen LogP contribution in [0.4, 0.5) is 11.4 Å². The van der Waals surface area contributed by atoms with Gasteiger partial charge >= 0.3 is 5.97 Å². The van der Waals surface area contributed by atoms with E-state index in [1.54, 1.807) is 30.0 Å². The third-order valence-corrected chi connectivity index (χ3v) is 7.62. The summed E-state index contributed by atoms with van der Waals surface area (Å²) in [6, 6.07) is 14.2. The van der Waals surface area contributed by atoms with Crippen LogP contribution in [-0.4, -0.2) is 30.2 Å². The molecule has 2 aliphatic carbocycles. The van der Waals surface area contributed by atoms with Gasteiger partial charge in [-0.2, -0.15) is 0 Å². The first-order valence-corrected chi connectivity index (χ1v) is 11.7. The SMILES string of the molecule is Cc1cc(OC(=O)[C@@H]2CC(=O)N(c3ccccc3)C2)ccc1N1C(=O)[C@H]2[C@H](C1=O)[C@H]1C=C[C@H]2C1. The zero-order valence-corrected chi connectivity index (χ0v) is 18.7. The van der Waals surface area contributed by atoms with Gasteiger partial charge in [0.25, 0.3) is 0 Å². The first kappa shape index (κ1) is 20.8. The maximum absolute atomic E-state index is 13.1. The van der Waals surface area contributed by atoms with Gasteiger partial charge in [-0.15, -0.1) is 0 Å². The second kappa shape index (κ2) is 7.65. The average Bonchev–Trinajstić information content (AvgIpc) is 3.59. The Morgan fingerprint density at radius 2 is 1.62 bits per heavy atom. The molecule has 3 amide bonds. The van der Waals surface area contributed by atoms with Crippen LogP contribution < -0.4 is 14.5 Å². The van der Waals surface area contributed by atoms with Gasteiger partial charge < -0.3 is 9.64 Å². The highest BCUT2D eigenvalue weighted by atomic mass is 16.5. The number of nitrogens with zero attached hydrogens (tertiary/aromatic N) is 2. The molecule has 7 heteroatoms. The topological polar surface area (TPSA) is 84.0 Å². The Labute approximate surface area is 197 Å². The Bertz CT molecular complexity index is 1220. The van der Waals surface area contributed by atoms with Crippen molar-refractivity contribution in [1.82, 2.24) is 0 Å². The van der Waals surface area contributed by atoms with Crippen LogP contribution in [-0.2, 0) is 19.2 Å². The molecule has 0 spiro atoms. The molecule has 4 aliphatic rings. The Morgan fingerprint density at radius 1 is 0.941 bits per heavy atom. The molecule has 172 valence electrons. The number of amides is 3. The number of para-hydroxylation sites is 1. The predicted molar refractivity (Wildman–Crippen MR) is 124 cm³/mol.